The minimum Gasteiger partial charge on any atom is -0.462 e. The van der Waals surface area contributed by atoms with Crippen LogP contribution in [0.1, 0.15) is 16.8 Å². The highest BCUT2D eigenvalue weighted by molar-refractivity contribution is 7.89. The number of esters is 1. The zero-order chi connectivity index (χ0) is 15.3. The largest absolute Gasteiger partial charge is 0.462 e. The van der Waals surface area contributed by atoms with Crippen LogP contribution in [0, 0.1) is 0 Å². The third-order valence-corrected chi connectivity index (χ3v) is 4.07. The maximum Gasteiger partial charge on any atom is 0.341 e. The van der Waals surface area contributed by atoms with Crippen molar-refractivity contribution in [1.82, 2.24) is 0 Å². The summed E-state index contributed by atoms with van der Waals surface area (Å²) in [6.07, 6.45) is 0.492. The molecule has 0 radical (unpaired) electrons. The van der Waals surface area contributed by atoms with Gasteiger partial charge in [0.15, 0.2) is 0 Å². The number of hydrogen-bond acceptors (Lipinski definition) is 5. The van der Waals surface area contributed by atoms with Crippen LogP contribution in [0.25, 0.3) is 0 Å². The van der Waals surface area contributed by atoms with E-state index in [9.17, 15) is 13.2 Å². The Hall–Kier alpha value is -0.860. The highest BCUT2D eigenvalue weighted by atomic mass is 35.5. The van der Waals surface area contributed by atoms with Gasteiger partial charge in [-0.3, -0.25) is 0 Å². The first kappa shape index (κ1) is 17.2. The second-order valence-corrected chi connectivity index (χ2v) is 6.08. The molecule has 9 heteroatoms. The standard InChI is InChI=1S/C11H13Cl2NO5S/c1-18-5-2-6-19-11(15)9-7(12)3-4-8(10(9)13)20(14,16)17/h3-4H,2,5-6H2,1H3,(H2,14,16,17). The van der Waals surface area contributed by atoms with Crippen molar-refractivity contribution < 1.29 is 22.7 Å². The Labute approximate surface area is 126 Å². The molecule has 0 atom stereocenters. The lowest BCUT2D eigenvalue weighted by atomic mass is 10.2. The molecule has 0 saturated heterocycles. The number of methoxy groups -OCH3 is 1. The molecule has 2 N–H and O–H groups in total. The average molecular weight is 342 g/mol. The van der Waals surface area contributed by atoms with Crippen LogP contribution in [0.4, 0.5) is 0 Å². The van der Waals surface area contributed by atoms with Crippen LogP contribution in [0.5, 0.6) is 0 Å². The molecule has 0 aliphatic heterocycles. The van der Waals surface area contributed by atoms with Gasteiger partial charge in [-0.2, -0.15) is 0 Å². The van der Waals surface area contributed by atoms with Crippen molar-refractivity contribution in [2.24, 2.45) is 5.14 Å². The van der Waals surface area contributed by atoms with E-state index < -0.39 is 16.0 Å². The number of carbonyl (C=O) groups excluding carboxylic acids is 1. The van der Waals surface area contributed by atoms with E-state index in [-0.39, 0.29) is 27.1 Å². The van der Waals surface area contributed by atoms with Gasteiger partial charge in [-0.1, -0.05) is 23.2 Å². The zero-order valence-electron chi connectivity index (χ0n) is 10.6. The zero-order valence-corrected chi connectivity index (χ0v) is 12.9. The Balaban J connectivity index is 3.03. The molecule has 1 aromatic rings. The first-order valence-corrected chi connectivity index (χ1v) is 7.76. The highest BCUT2D eigenvalue weighted by Gasteiger charge is 2.23. The molecule has 1 aromatic carbocycles. The minimum absolute atomic E-state index is 0.0147. The molecule has 0 saturated carbocycles. The van der Waals surface area contributed by atoms with E-state index in [0.29, 0.717) is 13.0 Å². The Morgan fingerprint density at radius 1 is 1.30 bits per heavy atom. The van der Waals surface area contributed by atoms with Crippen molar-refractivity contribution in [3.05, 3.63) is 27.7 Å². The van der Waals surface area contributed by atoms with Crippen LogP contribution in [0.3, 0.4) is 0 Å². The lowest BCUT2D eigenvalue weighted by Gasteiger charge is -2.10. The quantitative estimate of drug-likeness (QED) is 0.629. The number of primary sulfonamides is 1. The van der Waals surface area contributed by atoms with Gasteiger partial charge in [0.2, 0.25) is 10.0 Å². The summed E-state index contributed by atoms with van der Waals surface area (Å²) < 4.78 is 32.4. The van der Waals surface area contributed by atoms with Gasteiger partial charge in [0, 0.05) is 20.1 Å². The summed E-state index contributed by atoms with van der Waals surface area (Å²) in [4.78, 5) is 11.5. The monoisotopic (exact) mass is 341 g/mol. The van der Waals surface area contributed by atoms with E-state index >= 15 is 0 Å². The fraction of sp³-hybridized carbons (Fsp3) is 0.364. The third-order valence-electron chi connectivity index (χ3n) is 2.29. The summed E-state index contributed by atoms with van der Waals surface area (Å²) in [5, 5.41) is 4.63. The van der Waals surface area contributed by atoms with Crippen LogP contribution >= 0.6 is 23.2 Å². The maximum atomic E-state index is 11.9. The summed E-state index contributed by atoms with van der Waals surface area (Å²) >= 11 is 11.7. The molecule has 0 spiro atoms. The molecule has 0 fully saturated rings. The lowest BCUT2D eigenvalue weighted by molar-refractivity contribution is 0.0468. The number of hydrogen-bond donors (Lipinski definition) is 1. The maximum absolute atomic E-state index is 11.9. The number of ether oxygens (including phenoxy) is 2. The van der Waals surface area contributed by atoms with Crippen LogP contribution in [0.2, 0.25) is 10.0 Å². The van der Waals surface area contributed by atoms with Crippen molar-refractivity contribution in [3.8, 4) is 0 Å². The van der Waals surface area contributed by atoms with E-state index in [0.717, 1.165) is 6.07 Å². The molecule has 0 aliphatic carbocycles. The van der Waals surface area contributed by atoms with Crippen molar-refractivity contribution in [1.29, 1.82) is 0 Å². The number of nitrogens with two attached hydrogens (primary N) is 1. The topological polar surface area (TPSA) is 95.7 Å². The van der Waals surface area contributed by atoms with Gasteiger partial charge >= 0.3 is 5.97 Å². The molecule has 6 nitrogen and oxygen atoms in total. The molecule has 0 bridgehead atoms. The Bertz CT molecular complexity index is 603. The van der Waals surface area contributed by atoms with E-state index in [1.165, 1.54) is 13.2 Å². The Kier molecular flexibility index (Phi) is 6.22. The molecular formula is C11H13Cl2NO5S. The summed E-state index contributed by atoms with van der Waals surface area (Å²) in [6.45, 7) is 0.519. The van der Waals surface area contributed by atoms with Gasteiger partial charge in [-0.25, -0.2) is 18.4 Å². The summed E-state index contributed by atoms with van der Waals surface area (Å²) in [6, 6.07) is 2.35. The summed E-state index contributed by atoms with van der Waals surface area (Å²) in [7, 11) is -2.53. The van der Waals surface area contributed by atoms with Crippen molar-refractivity contribution >= 4 is 39.2 Å². The van der Waals surface area contributed by atoms with Crippen molar-refractivity contribution in [2.75, 3.05) is 20.3 Å². The molecule has 112 valence electrons. The molecule has 20 heavy (non-hydrogen) atoms. The number of benzene rings is 1. The molecular weight excluding hydrogens is 329 g/mol. The fourth-order valence-corrected chi connectivity index (χ4v) is 2.84. The number of carbonyl (C=O) groups is 1. The fourth-order valence-electron chi connectivity index (χ4n) is 1.38. The number of halogens is 2. The number of sulfonamides is 1. The SMILES string of the molecule is COCCCOC(=O)c1c(Cl)ccc(S(N)(=O)=O)c1Cl. The van der Waals surface area contributed by atoms with Crippen molar-refractivity contribution in [2.45, 2.75) is 11.3 Å². The van der Waals surface area contributed by atoms with Crippen LogP contribution in [-0.2, 0) is 19.5 Å². The predicted octanol–water partition coefficient (Wildman–Crippen LogP) is 1.83. The van der Waals surface area contributed by atoms with E-state index in [2.05, 4.69) is 0 Å². The van der Waals surface area contributed by atoms with E-state index in [4.69, 9.17) is 37.8 Å². The van der Waals surface area contributed by atoms with Gasteiger partial charge in [0.25, 0.3) is 0 Å². The van der Waals surface area contributed by atoms with Gasteiger partial charge < -0.3 is 9.47 Å². The predicted molar refractivity (Wildman–Crippen MR) is 74.6 cm³/mol. The van der Waals surface area contributed by atoms with E-state index in [1.807, 2.05) is 0 Å². The Morgan fingerprint density at radius 3 is 2.50 bits per heavy atom. The lowest BCUT2D eigenvalue weighted by Crippen LogP contribution is -2.16. The normalized spacial score (nSPS) is 11.4. The minimum atomic E-state index is -4.05. The van der Waals surface area contributed by atoms with Crippen LogP contribution in [0.15, 0.2) is 17.0 Å². The highest BCUT2D eigenvalue weighted by Crippen LogP contribution is 2.31. The average Bonchev–Trinajstić information content (AvgIpc) is 2.33. The molecule has 0 aliphatic rings. The number of rotatable bonds is 6. The molecule has 0 heterocycles. The molecule has 0 aromatic heterocycles. The summed E-state index contributed by atoms with van der Waals surface area (Å²) in [5.74, 6) is -0.818. The molecule has 1 rings (SSSR count). The van der Waals surface area contributed by atoms with Gasteiger partial charge in [0.05, 0.1) is 22.2 Å². The Morgan fingerprint density at radius 2 is 1.95 bits per heavy atom. The summed E-state index contributed by atoms with van der Waals surface area (Å²) in [5.41, 5.74) is -0.225. The van der Waals surface area contributed by atoms with Gasteiger partial charge in [0.1, 0.15) is 4.90 Å². The van der Waals surface area contributed by atoms with Gasteiger partial charge in [-0.15, -0.1) is 0 Å². The second kappa shape index (κ2) is 7.24. The third kappa shape index (κ3) is 4.32. The molecule has 0 amide bonds. The van der Waals surface area contributed by atoms with Crippen LogP contribution in [-0.4, -0.2) is 34.7 Å². The second-order valence-electron chi connectivity index (χ2n) is 3.76. The smallest absolute Gasteiger partial charge is 0.341 e. The van der Waals surface area contributed by atoms with Crippen LogP contribution < -0.4 is 5.14 Å². The molecule has 0 unspecified atom stereocenters. The first-order chi connectivity index (χ1) is 9.29. The van der Waals surface area contributed by atoms with Crippen molar-refractivity contribution in [3.63, 3.8) is 0 Å². The van der Waals surface area contributed by atoms with Gasteiger partial charge in [-0.05, 0) is 12.1 Å². The van der Waals surface area contributed by atoms with E-state index in [1.54, 1.807) is 0 Å². The first-order valence-electron chi connectivity index (χ1n) is 5.46.